The van der Waals surface area contributed by atoms with E-state index < -0.39 is 0 Å². The SMILES string of the molecule is C=CCN(N)c1nc(N)c2nc[nH]c2n1. The first kappa shape index (κ1) is 9.41. The van der Waals surface area contributed by atoms with Crippen molar-refractivity contribution in [2.45, 2.75) is 0 Å². The van der Waals surface area contributed by atoms with E-state index in [4.69, 9.17) is 11.6 Å². The van der Waals surface area contributed by atoms with Gasteiger partial charge in [0, 0.05) is 0 Å². The molecule has 0 radical (unpaired) electrons. The predicted molar refractivity (Wildman–Crippen MR) is 57.8 cm³/mol. The highest BCUT2D eigenvalue weighted by molar-refractivity contribution is 5.82. The standard InChI is InChI=1S/C8H11N7/c1-2-3-15(10)8-13-6(9)5-7(14-8)12-4-11-5/h2,4H,1,3,10H2,(H3,9,11,12,13,14). The zero-order valence-electron chi connectivity index (χ0n) is 8.01. The van der Waals surface area contributed by atoms with Crippen LogP contribution in [-0.2, 0) is 0 Å². The van der Waals surface area contributed by atoms with Crippen molar-refractivity contribution in [3.63, 3.8) is 0 Å². The number of nitrogens with one attached hydrogen (secondary N) is 1. The average Bonchev–Trinajstić information content (AvgIpc) is 2.66. The molecule has 2 heterocycles. The van der Waals surface area contributed by atoms with E-state index in [0.717, 1.165) is 0 Å². The number of nitrogens with zero attached hydrogens (tertiary/aromatic N) is 4. The smallest absolute Gasteiger partial charge is 0.244 e. The van der Waals surface area contributed by atoms with Gasteiger partial charge in [-0.25, -0.2) is 10.8 Å². The second kappa shape index (κ2) is 3.54. The fourth-order valence-electron chi connectivity index (χ4n) is 1.20. The maximum atomic E-state index is 5.69. The van der Waals surface area contributed by atoms with Gasteiger partial charge in [-0.3, -0.25) is 5.01 Å². The molecule has 0 aromatic carbocycles. The normalized spacial score (nSPS) is 10.5. The Hall–Kier alpha value is -2.15. The predicted octanol–water partition coefficient (Wildman–Crippen LogP) is -0.199. The Kier molecular flexibility index (Phi) is 2.22. The molecule has 0 atom stereocenters. The number of nitrogen functional groups attached to an aromatic ring is 1. The van der Waals surface area contributed by atoms with Gasteiger partial charge in [-0.05, 0) is 0 Å². The van der Waals surface area contributed by atoms with Crippen LogP contribution in [-0.4, -0.2) is 26.5 Å². The van der Waals surface area contributed by atoms with Crippen LogP contribution in [0.5, 0.6) is 0 Å². The number of nitrogens with two attached hydrogens (primary N) is 2. The molecular formula is C8H11N7. The number of aromatic nitrogens is 4. The van der Waals surface area contributed by atoms with Gasteiger partial charge in [-0.15, -0.1) is 6.58 Å². The van der Waals surface area contributed by atoms with E-state index in [1.165, 1.54) is 11.3 Å². The molecule has 0 aliphatic rings. The summed E-state index contributed by atoms with van der Waals surface area (Å²) >= 11 is 0. The molecule has 0 saturated heterocycles. The summed E-state index contributed by atoms with van der Waals surface area (Å²) in [6.45, 7) is 4.02. The van der Waals surface area contributed by atoms with Crippen LogP contribution in [0.1, 0.15) is 0 Å². The summed E-state index contributed by atoms with van der Waals surface area (Å²) in [5.41, 5.74) is 6.81. The third-order valence-electron chi connectivity index (χ3n) is 1.88. The quantitative estimate of drug-likeness (QED) is 0.363. The molecule has 15 heavy (non-hydrogen) atoms. The summed E-state index contributed by atoms with van der Waals surface area (Å²) < 4.78 is 0. The van der Waals surface area contributed by atoms with Crippen molar-refractivity contribution in [2.24, 2.45) is 5.84 Å². The highest BCUT2D eigenvalue weighted by atomic mass is 15.5. The Morgan fingerprint density at radius 1 is 1.53 bits per heavy atom. The van der Waals surface area contributed by atoms with Gasteiger partial charge in [0.15, 0.2) is 11.5 Å². The first-order chi connectivity index (χ1) is 7.22. The number of anilines is 2. The van der Waals surface area contributed by atoms with Crippen LogP contribution in [0.15, 0.2) is 19.0 Å². The zero-order chi connectivity index (χ0) is 10.8. The van der Waals surface area contributed by atoms with Gasteiger partial charge in [-0.2, -0.15) is 9.97 Å². The molecule has 2 aromatic heterocycles. The lowest BCUT2D eigenvalue weighted by molar-refractivity contribution is 0.883. The summed E-state index contributed by atoms with van der Waals surface area (Å²) in [6.07, 6.45) is 3.16. The zero-order valence-corrected chi connectivity index (χ0v) is 8.01. The molecule has 0 bridgehead atoms. The third kappa shape index (κ3) is 1.59. The summed E-state index contributed by atoms with van der Waals surface area (Å²) in [7, 11) is 0. The van der Waals surface area contributed by atoms with E-state index >= 15 is 0 Å². The van der Waals surface area contributed by atoms with Gasteiger partial charge in [0.2, 0.25) is 5.95 Å². The van der Waals surface area contributed by atoms with Crippen LogP contribution in [0.2, 0.25) is 0 Å². The number of hydrazine groups is 1. The van der Waals surface area contributed by atoms with Gasteiger partial charge in [0.1, 0.15) is 5.52 Å². The number of imidazole rings is 1. The highest BCUT2D eigenvalue weighted by Gasteiger charge is 2.09. The largest absolute Gasteiger partial charge is 0.382 e. The maximum absolute atomic E-state index is 5.69. The van der Waals surface area contributed by atoms with Crippen molar-refractivity contribution < 1.29 is 0 Å². The topological polar surface area (TPSA) is 110 Å². The van der Waals surface area contributed by atoms with Crippen LogP contribution in [0.25, 0.3) is 11.2 Å². The van der Waals surface area contributed by atoms with E-state index in [9.17, 15) is 0 Å². The molecule has 78 valence electrons. The van der Waals surface area contributed by atoms with Gasteiger partial charge in [-0.1, -0.05) is 6.08 Å². The monoisotopic (exact) mass is 205 g/mol. The second-order valence-corrected chi connectivity index (χ2v) is 2.95. The van der Waals surface area contributed by atoms with Crippen LogP contribution in [0, 0.1) is 0 Å². The van der Waals surface area contributed by atoms with E-state index in [0.29, 0.717) is 29.5 Å². The van der Waals surface area contributed by atoms with Gasteiger partial charge in [0.25, 0.3) is 0 Å². The Labute approximate surface area is 85.8 Å². The number of fused-ring (bicyclic) bond motifs is 1. The highest BCUT2D eigenvalue weighted by Crippen LogP contribution is 2.16. The van der Waals surface area contributed by atoms with Crippen molar-refractivity contribution in [1.29, 1.82) is 0 Å². The van der Waals surface area contributed by atoms with Crippen molar-refractivity contribution in [1.82, 2.24) is 19.9 Å². The Balaban J connectivity index is 2.48. The minimum Gasteiger partial charge on any atom is -0.382 e. The number of H-pyrrole nitrogens is 1. The van der Waals surface area contributed by atoms with E-state index in [2.05, 4.69) is 26.5 Å². The Morgan fingerprint density at radius 2 is 2.33 bits per heavy atom. The molecule has 0 unspecified atom stereocenters. The van der Waals surface area contributed by atoms with Gasteiger partial charge >= 0.3 is 0 Å². The third-order valence-corrected chi connectivity index (χ3v) is 1.88. The molecule has 0 aliphatic heterocycles. The number of hydrogen-bond donors (Lipinski definition) is 3. The number of rotatable bonds is 3. The molecule has 0 fully saturated rings. The van der Waals surface area contributed by atoms with Crippen molar-refractivity contribution >= 4 is 22.9 Å². The fourth-order valence-corrected chi connectivity index (χ4v) is 1.20. The molecule has 7 heteroatoms. The lowest BCUT2D eigenvalue weighted by atomic mass is 10.5. The Bertz CT molecular complexity index is 489. The second-order valence-electron chi connectivity index (χ2n) is 2.95. The summed E-state index contributed by atoms with van der Waals surface area (Å²) in [5, 5.41) is 1.35. The summed E-state index contributed by atoms with van der Waals surface area (Å²) in [4.78, 5) is 15.0. The van der Waals surface area contributed by atoms with E-state index in [1.54, 1.807) is 6.08 Å². The van der Waals surface area contributed by atoms with E-state index in [1.807, 2.05) is 0 Å². The Morgan fingerprint density at radius 3 is 3.07 bits per heavy atom. The average molecular weight is 205 g/mol. The molecule has 0 saturated carbocycles. The van der Waals surface area contributed by atoms with Gasteiger partial charge in [0.05, 0.1) is 12.9 Å². The molecule has 0 spiro atoms. The van der Waals surface area contributed by atoms with E-state index in [-0.39, 0.29) is 0 Å². The molecule has 0 aliphatic carbocycles. The molecular weight excluding hydrogens is 194 g/mol. The number of hydrogen-bond acceptors (Lipinski definition) is 6. The lowest BCUT2D eigenvalue weighted by Crippen LogP contribution is -2.32. The minimum atomic E-state index is 0.302. The summed E-state index contributed by atoms with van der Waals surface area (Å²) in [6, 6.07) is 0. The first-order valence-corrected chi connectivity index (χ1v) is 4.32. The van der Waals surface area contributed by atoms with Crippen LogP contribution >= 0.6 is 0 Å². The molecule has 0 amide bonds. The van der Waals surface area contributed by atoms with Crippen LogP contribution < -0.4 is 16.6 Å². The van der Waals surface area contributed by atoms with Crippen molar-refractivity contribution in [2.75, 3.05) is 17.3 Å². The minimum absolute atomic E-state index is 0.302. The fraction of sp³-hybridized carbons (Fsp3) is 0.125. The van der Waals surface area contributed by atoms with Crippen molar-refractivity contribution in [3.05, 3.63) is 19.0 Å². The number of aromatic amines is 1. The lowest BCUT2D eigenvalue weighted by Gasteiger charge is -2.13. The first-order valence-electron chi connectivity index (χ1n) is 4.32. The molecule has 2 aromatic rings. The molecule has 2 rings (SSSR count). The molecule has 5 N–H and O–H groups in total. The molecule has 7 nitrogen and oxygen atoms in total. The van der Waals surface area contributed by atoms with Crippen LogP contribution in [0.4, 0.5) is 11.8 Å². The van der Waals surface area contributed by atoms with Crippen molar-refractivity contribution in [3.8, 4) is 0 Å². The van der Waals surface area contributed by atoms with Crippen LogP contribution in [0.3, 0.4) is 0 Å². The maximum Gasteiger partial charge on any atom is 0.244 e. The summed E-state index contributed by atoms with van der Waals surface area (Å²) in [5.74, 6) is 6.32. The van der Waals surface area contributed by atoms with Gasteiger partial charge < -0.3 is 10.7 Å².